The van der Waals surface area contributed by atoms with Crippen LogP contribution in [-0.4, -0.2) is 19.3 Å². The first-order valence-corrected chi connectivity index (χ1v) is 9.75. The Balaban J connectivity index is 1.72. The second kappa shape index (κ2) is 9.14. The van der Waals surface area contributed by atoms with E-state index in [4.69, 9.17) is 9.47 Å². The smallest absolute Gasteiger partial charge is 0.337 e. The second-order valence-electron chi connectivity index (χ2n) is 5.79. The van der Waals surface area contributed by atoms with E-state index in [9.17, 15) is 4.79 Å². The van der Waals surface area contributed by atoms with Crippen molar-refractivity contribution in [3.05, 3.63) is 83.9 Å². The number of esters is 1. The monoisotopic (exact) mass is 379 g/mol. The van der Waals surface area contributed by atoms with Gasteiger partial charge in [-0.1, -0.05) is 36.4 Å². The molecule has 0 bridgehead atoms. The van der Waals surface area contributed by atoms with Gasteiger partial charge >= 0.3 is 5.97 Å². The zero-order valence-electron chi connectivity index (χ0n) is 15.3. The van der Waals surface area contributed by atoms with Crippen molar-refractivity contribution in [2.24, 2.45) is 0 Å². The third kappa shape index (κ3) is 4.83. The fourth-order valence-corrected chi connectivity index (χ4v) is 3.12. The number of hydrogen-bond acceptors (Lipinski definition) is 5. The Kier molecular flexibility index (Phi) is 6.39. The predicted octanol–water partition coefficient (Wildman–Crippen LogP) is 5.60. The van der Waals surface area contributed by atoms with Crippen LogP contribution in [0.1, 0.15) is 15.9 Å². The molecule has 0 saturated heterocycles. The molecular weight excluding hydrogens is 358 g/mol. The van der Waals surface area contributed by atoms with Crippen LogP contribution in [0.2, 0.25) is 0 Å². The highest BCUT2D eigenvalue weighted by Crippen LogP contribution is 2.34. The van der Waals surface area contributed by atoms with E-state index in [0.29, 0.717) is 12.1 Å². The highest BCUT2D eigenvalue weighted by atomic mass is 32.2. The minimum absolute atomic E-state index is 0.333. The van der Waals surface area contributed by atoms with E-state index in [2.05, 4.69) is 5.32 Å². The Morgan fingerprint density at radius 1 is 0.926 bits per heavy atom. The largest absolute Gasteiger partial charge is 0.465 e. The van der Waals surface area contributed by atoms with E-state index < -0.39 is 0 Å². The standard InChI is InChI=1S/C22H21NO3S/c1-25-22(24)17-13-11-16(12-14-17)15-23-18-7-3-4-8-19(18)26-20-9-5-6-10-21(20)27-2/h3-14,23H,15H2,1-2H3. The first kappa shape index (κ1) is 18.9. The maximum atomic E-state index is 11.5. The number of methoxy groups -OCH3 is 1. The lowest BCUT2D eigenvalue weighted by Gasteiger charge is -2.15. The summed E-state index contributed by atoms with van der Waals surface area (Å²) in [6.45, 7) is 0.617. The van der Waals surface area contributed by atoms with Crippen molar-refractivity contribution >= 4 is 23.4 Å². The number of anilines is 1. The molecule has 0 aliphatic rings. The summed E-state index contributed by atoms with van der Waals surface area (Å²) < 4.78 is 10.9. The van der Waals surface area contributed by atoms with Crippen LogP contribution in [0.25, 0.3) is 0 Å². The van der Waals surface area contributed by atoms with Gasteiger partial charge in [-0.05, 0) is 48.2 Å². The zero-order valence-corrected chi connectivity index (χ0v) is 16.1. The molecule has 3 rings (SSSR count). The third-order valence-electron chi connectivity index (χ3n) is 4.03. The molecular formula is C22H21NO3S. The number of ether oxygens (including phenoxy) is 2. The van der Waals surface area contributed by atoms with Gasteiger partial charge in [-0.2, -0.15) is 0 Å². The molecule has 0 aromatic heterocycles. The van der Waals surface area contributed by atoms with Crippen LogP contribution in [0.4, 0.5) is 5.69 Å². The van der Waals surface area contributed by atoms with Crippen molar-refractivity contribution in [3.8, 4) is 11.5 Å². The normalized spacial score (nSPS) is 10.3. The van der Waals surface area contributed by atoms with Gasteiger partial charge in [0.1, 0.15) is 5.75 Å². The lowest BCUT2D eigenvalue weighted by Crippen LogP contribution is -2.03. The van der Waals surface area contributed by atoms with E-state index in [0.717, 1.165) is 27.6 Å². The molecule has 0 saturated carbocycles. The molecule has 3 aromatic carbocycles. The van der Waals surface area contributed by atoms with Crippen molar-refractivity contribution in [2.45, 2.75) is 11.4 Å². The lowest BCUT2D eigenvalue weighted by molar-refractivity contribution is 0.0600. The lowest BCUT2D eigenvalue weighted by atomic mass is 10.1. The van der Waals surface area contributed by atoms with Crippen LogP contribution >= 0.6 is 11.8 Å². The Hall–Kier alpha value is -2.92. The Morgan fingerprint density at radius 2 is 1.59 bits per heavy atom. The number of hydrogen-bond donors (Lipinski definition) is 1. The van der Waals surface area contributed by atoms with Crippen molar-refractivity contribution in [1.82, 2.24) is 0 Å². The number of rotatable bonds is 7. The fraction of sp³-hybridized carbons (Fsp3) is 0.136. The first-order valence-electron chi connectivity index (χ1n) is 8.52. The number of benzene rings is 3. The molecule has 0 aliphatic heterocycles. The van der Waals surface area contributed by atoms with Crippen LogP contribution in [0.3, 0.4) is 0 Å². The minimum atomic E-state index is -0.333. The van der Waals surface area contributed by atoms with E-state index >= 15 is 0 Å². The molecule has 0 atom stereocenters. The van der Waals surface area contributed by atoms with Gasteiger partial charge < -0.3 is 14.8 Å². The van der Waals surface area contributed by atoms with Crippen LogP contribution in [0.15, 0.2) is 77.7 Å². The molecule has 27 heavy (non-hydrogen) atoms. The molecule has 0 amide bonds. The molecule has 0 aliphatic carbocycles. The van der Waals surface area contributed by atoms with Crippen molar-refractivity contribution in [2.75, 3.05) is 18.7 Å². The van der Waals surface area contributed by atoms with Gasteiger partial charge in [0.05, 0.1) is 18.4 Å². The average molecular weight is 379 g/mol. The molecule has 3 aromatic rings. The molecule has 0 fully saturated rings. The number of carbonyl (C=O) groups excluding carboxylic acids is 1. The Bertz CT molecular complexity index is 909. The Labute approximate surface area is 163 Å². The van der Waals surface area contributed by atoms with Gasteiger partial charge in [-0.3, -0.25) is 0 Å². The zero-order chi connectivity index (χ0) is 19.1. The second-order valence-corrected chi connectivity index (χ2v) is 6.64. The Morgan fingerprint density at radius 3 is 2.30 bits per heavy atom. The summed E-state index contributed by atoms with van der Waals surface area (Å²) in [6.07, 6.45) is 2.03. The maximum absolute atomic E-state index is 11.5. The SMILES string of the molecule is COC(=O)c1ccc(CNc2ccccc2Oc2ccccc2SC)cc1. The topological polar surface area (TPSA) is 47.6 Å². The van der Waals surface area contributed by atoms with Gasteiger partial charge in [-0.15, -0.1) is 11.8 Å². The minimum Gasteiger partial charge on any atom is -0.465 e. The van der Waals surface area contributed by atoms with Gasteiger partial charge in [0.2, 0.25) is 0 Å². The number of nitrogens with one attached hydrogen (secondary N) is 1. The first-order chi connectivity index (χ1) is 13.2. The van der Waals surface area contributed by atoms with Crippen LogP contribution in [0.5, 0.6) is 11.5 Å². The molecule has 1 N–H and O–H groups in total. The van der Waals surface area contributed by atoms with Gasteiger partial charge in [0.25, 0.3) is 0 Å². The number of para-hydroxylation sites is 3. The van der Waals surface area contributed by atoms with Crippen LogP contribution in [-0.2, 0) is 11.3 Å². The van der Waals surface area contributed by atoms with E-state index in [1.807, 2.05) is 66.9 Å². The summed E-state index contributed by atoms with van der Waals surface area (Å²) >= 11 is 1.65. The summed E-state index contributed by atoms with van der Waals surface area (Å²) in [5.41, 5.74) is 2.51. The summed E-state index contributed by atoms with van der Waals surface area (Å²) in [6, 6.07) is 23.2. The predicted molar refractivity (Wildman–Crippen MR) is 110 cm³/mol. The van der Waals surface area contributed by atoms with E-state index in [1.165, 1.54) is 7.11 Å². The third-order valence-corrected chi connectivity index (χ3v) is 4.81. The van der Waals surface area contributed by atoms with E-state index in [1.54, 1.807) is 23.9 Å². The van der Waals surface area contributed by atoms with Crippen LogP contribution in [0, 0.1) is 0 Å². The summed E-state index contributed by atoms with van der Waals surface area (Å²) in [7, 11) is 1.38. The molecule has 5 heteroatoms. The molecule has 0 spiro atoms. The molecule has 4 nitrogen and oxygen atoms in total. The average Bonchev–Trinajstić information content (AvgIpc) is 2.73. The van der Waals surface area contributed by atoms with Crippen molar-refractivity contribution in [1.29, 1.82) is 0 Å². The quantitative estimate of drug-likeness (QED) is 0.428. The summed E-state index contributed by atoms with van der Waals surface area (Å²) in [5, 5.41) is 3.40. The highest BCUT2D eigenvalue weighted by Gasteiger charge is 2.08. The molecule has 0 heterocycles. The maximum Gasteiger partial charge on any atom is 0.337 e. The molecule has 138 valence electrons. The fourth-order valence-electron chi connectivity index (χ4n) is 2.60. The summed E-state index contributed by atoms with van der Waals surface area (Å²) in [5.74, 6) is 1.27. The van der Waals surface area contributed by atoms with Gasteiger partial charge in [0, 0.05) is 11.4 Å². The number of carbonyl (C=O) groups is 1. The highest BCUT2D eigenvalue weighted by molar-refractivity contribution is 7.98. The van der Waals surface area contributed by atoms with Crippen LogP contribution < -0.4 is 10.1 Å². The van der Waals surface area contributed by atoms with Gasteiger partial charge in [0.15, 0.2) is 5.75 Å². The van der Waals surface area contributed by atoms with Gasteiger partial charge in [-0.25, -0.2) is 4.79 Å². The summed E-state index contributed by atoms with van der Waals surface area (Å²) in [4.78, 5) is 12.6. The molecule has 0 radical (unpaired) electrons. The molecule has 0 unspecified atom stereocenters. The van der Waals surface area contributed by atoms with Crippen molar-refractivity contribution < 1.29 is 14.3 Å². The number of thioether (sulfide) groups is 1. The van der Waals surface area contributed by atoms with E-state index in [-0.39, 0.29) is 5.97 Å². The van der Waals surface area contributed by atoms with Crippen molar-refractivity contribution in [3.63, 3.8) is 0 Å².